The zero-order chi connectivity index (χ0) is 10.7. The molecule has 2 aliphatic rings. The van der Waals surface area contributed by atoms with Gasteiger partial charge >= 0.3 is 0 Å². The van der Waals surface area contributed by atoms with Gasteiger partial charge in [-0.2, -0.15) is 0 Å². The Kier molecular flexibility index (Phi) is 4.00. The Labute approximate surface area is 93.2 Å². The Hall–Kier alpha value is -0.120. The first kappa shape index (κ1) is 11.4. The van der Waals surface area contributed by atoms with E-state index in [1.165, 1.54) is 38.9 Å². The molecule has 2 unspecified atom stereocenters. The second-order valence-electron chi connectivity index (χ2n) is 4.97. The van der Waals surface area contributed by atoms with Gasteiger partial charge in [-0.25, -0.2) is 0 Å². The van der Waals surface area contributed by atoms with Gasteiger partial charge in [-0.15, -0.1) is 0 Å². The van der Waals surface area contributed by atoms with Crippen LogP contribution in [0.2, 0.25) is 0 Å². The normalized spacial score (nSPS) is 34.8. The van der Waals surface area contributed by atoms with Crippen LogP contribution in [0.5, 0.6) is 0 Å². The molecule has 88 valence electrons. The van der Waals surface area contributed by atoms with Crippen LogP contribution in [0, 0.1) is 5.92 Å². The average molecular weight is 212 g/mol. The van der Waals surface area contributed by atoms with Gasteiger partial charge in [0.15, 0.2) is 0 Å². The molecule has 0 spiro atoms. The molecular formula is C12H24N2O. The summed E-state index contributed by atoms with van der Waals surface area (Å²) in [7, 11) is 2.05. The lowest BCUT2D eigenvalue weighted by Gasteiger charge is -2.37. The molecule has 3 nitrogen and oxygen atoms in total. The molecule has 2 heterocycles. The maximum Gasteiger partial charge on any atom is 0.0703 e. The molecule has 2 rings (SSSR count). The van der Waals surface area contributed by atoms with E-state index in [1.54, 1.807) is 0 Å². The summed E-state index contributed by atoms with van der Waals surface area (Å²) in [4.78, 5) is 2.64. The number of hydrogen-bond donors (Lipinski definition) is 1. The third-order valence-electron chi connectivity index (χ3n) is 3.95. The minimum absolute atomic E-state index is 0.450. The van der Waals surface area contributed by atoms with Crippen molar-refractivity contribution >= 4 is 0 Å². The standard InChI is InChI=1S/C12H24N2O/c1-10-12(5-8-15-10)14-6-3-11(4-7-14)9-13-2/h10-13H,3-9H2,1-2H3. The monoisotopic (exact) mass is 212 g/mol. The zero-order valence-corrected chi connectivity index (χ0v) is 10.0. The fraction of sp³-hybridized carbons (Fsp3) is 1.00. The Morgan fingerprint density at radius 3 is 2.53 bits per heavy atom. The van der Waals surface area contributed by atoms with E-state index >= 15 is 0 Å². The highest BCUT2D eigenvalue weighted by molar-refractivity contribution is 4.85. The molecule has 0 aliphatic carbocycles. The summed E-state index contributed by atoms with van der Waals surface area (Å²) in [6.07, 6.45) is 4.39. The SMILES string of the molecule is CNCC1CCN(C2CCOC2C)CC1. The molecule has 0 bridgehead atoms. The summed E-state index contributed by atoms with van der Waals surface area (Å²) in [5, 5.41) is 3.29. The number of ether oxygens (including phenoxy) is 1. The fourth-order valence-corrected chi connectivity index (χ4v) is 2.98. The van der Waals surface area contributed by atoms with Crippen molar-refractivity contribution in [2.24, 2.45) is 5.92 Å². The van der Waals surface area contributed by atoms with Crippen LogP contribution in [0.1, 0.15) is 26.2 Å². The van der Waals surface area contributed by atoms with Gasteiger partial charge < -0.3 is 10.1 Å². The molecule has 0 aromatic rings. The number of nitrogens with one attached hydrogen (secondary N) is 1. The van der Waals surface area contributed by atoms with E-state index in [2.05, 4.69) is 24.2 Å². The maximum absolute atomic E-state index is 5.64. The summed E-state index contributed by atoms with van der Waals surface area (Å²) in [6, 6.07) is 0.695. The van der Waals surface area contributed by atoms with Gasteiger partial charge in [0.2, 0.25) is 0 Å². The maximum atomic E-state index is 5.64. The van der Waals surface area contributed by atoms with E-state index in [-0.39, 0.29) is 0 Å². The average Bonchev–Trinajstić information content (AvgIpc) is 2.66. The van der Waals surface area contributed by atoms with Crippen molar-refractivity contribution < 1.29 is 4.74 Å². The Balaban J connectivity index is 1.77. The van der Waals surface area contributed by atoms with E-state index in [9.17, 15) is 0 Å². The number of hydrogen-bond acceptors (Lipinski definition) is 3. The second kappa shape index (κ2) is 5.28. The molecule has 0 aromatic heterocycles. The van der Waals surface area contributed by atoms with Crippen LogP contribution in [-0.4, -0.2) is 50.3 Å². The van der Waals surface area contributed by atoms with Crippen LogP contribution in [0.15, 0.2) is 0 Å². The van der Waals surface area contributed by atoms with Crippen LogP contribution < -0.4 is 5.32 Å². The van der Waals surface area contributed by atoms with Gasteiger partial charge in [0.05, 0.1) is 6.10 Å². The van der Waals surface area contributed by atoms with Crippen molar-refractivity contribution in [2.45, 2.75) is 38.3 Å². The third-order valence-corrected chi connectivity index (χ3v) is 3.95. The van der Waals surface area contributed by atoms with Gasteiger partial charge in [0.25, 0.3) is 0 Å². The molecule has 0 amide bonds. The lowest BCUT2D eigenvalue weighted by molar-refractivity contribution is 0.0572. The lowest BCUT2D eigenvalue weighted by Crippen LogP contribution is -2.45. The van der Waals surface area contributed by atoms with Crippen LogP contribution in [-0.2, 0) is 4.74 Å². The highest BCUT2D eigenvalue weighted by atomic mass is 16.5. The van der Waals surface area contributed by atoms with Gasteiger partial charge in [-0.1, -0.05) is 0 Å². The van der Waals surface area contributed by atoms with Gasteiger partial charge in [0, 0.05) is 12.6 Å². The summed E-state index contributed by atoms with van der Waals surface area (Å²) < 4.78 is 5.64. The van der Waals surface area contributed by atoms with E-state index in [0.717, 1.165) is 12.5 Å². The minimum atomic E-state index is 0.450. The van der Waals surface area contributed by atoms with Crippen molar-refractivity contribution in [1.82, 2.24) is 10.2 Å². The highest BCUT2D eigenvalue weighted by Gasteiger charge is 2.32. The minimum Gasteiger partial charge on any atom is -0.377 e. The second-order valence-corrected chi connectivity index (χ2v) is 4.97. The first-order valence-corrected chi connectivity index (χ1v) is 6.31. The molecule has 2 saturated heterocycles. The van der Waals surface area contributed by atoms with Crippen LogP contribution in [0.3, 0.4) is 0 Å². The summed E-state index contributed by atoms with van der Waals surface area (Å²) >= 11 is 0. The number of piperidine rings is 1. The zero-order valence-electron chi connectivity index (χ0n) is 10.0. The number of rotatable bonds is 3. The third kappa shape index (κ3) is 2.71. The molecule has 2 fully saturated rings. The van der Waals surface area contributed by atoms with E-state index in [4.69, 9.17) is 4.74 Å². The fourth-order valence-electron chi connectivity index (χ4n) is 2.98. The molecule has 2 aliphatic heterocycles. The highest BCUT2D eigenvalue weighted by Crippen LogP contribution is 2.25. The Morgan fingerprint density at radius 2 is 2.00 bits per heavy atom. The van der Waals surface area contributed by atoms with Gasteiger partial charge in [0.1, 0.15) is 0 Å². The predicted octanol–water partition coefficient (Wildman–Crippen LogP) is 1.10. The molecule has 3 heteroatoms. The van der Waals surface area contributed by atoms with Crippen molar-refractivity contribution in [3.8, 4) is 0 Å². The molecule has 0 radical (unpaired) electrons. The largest absolute Gasteiger partial charge is 0.377 e. The van der Waals surface area contributed by atoms with Gasteiger partial charge in [-0.3, -0.25) is 4.90 Å². The number of likely N-dealkylation sites (tertiary alicyclic amines) is 1. The quantitative estimate of drug-likeness (QED) is 0.758. The smallest absolute Gasteiger partial charge is 0.0703 e. The van der Waals surface area contributed by atoms with E-state index in [0.29, 0.717) is 12.1 Å². The van der Waals surface area contributed by atoms with Crippen molar-refractivity contribution in [3.63, 3.8) is 0 Å². The molecule has 2 atom stereocenters. The Bertz CT molecular complexity index is 190. The molecular weight excluding hydrogens is 188 g/mol. The van der Waals surface area contributed by atoms with Crippen molar-refractivity contribution in [1.29, 1.82) is 0 Å². The first-order valence-electron chi connectivity index (χ1n) is 6.31. The summed E-state index contributed by atoms with van der Waals surface area (Å²) in [5.74, 6) is 0.892. The van der Waals surface area contributed by atoms with Crippen LogP contribution in [0.4, 0.5) is 0 Å². The Morgan fingerprint density at radius 1 is 1.27 bits per heavy atom. The molecule has 0 saturated carbocycles. The first-order chi connectivity index (χ1) is 7.31. The number of nitrogens with zero attached hydrogens (tertiary/aromatic N) is 1. The van der Waals surface area contributed by atoms with Crippen LogP contribution >= 0.6 is 0 Å². The summed E-state index contributed by atoms with van der Waals surface area (Å²) in [6.45, 7) is 6.90. The predicted molar refractivity (Wildman–Crippen MR) is 62.0 cm³/mol. The van der Waals surface area contributed by atoms with E-state index in [1.807, 2.05) is 0 Å². The van der Waals surface area contributed by atoms with Crippen molar-refractivity contribution in [3.05, 3.63) is 0 Å². The van der Waals surface area contributed by atoms with Gasteiger partial charge in [-0.05, 0) is 58.8 Å². The topological polar surface area (TPSA) is 24.5 Å². The molecule has 15 heavy (non-hydrogen) atoms. The molecule has 1 N–H and O–H groups in total. The van der Waals surface area contributed by atoms with Crippen molar-refractivity contribution in [2.75, 3.05) is 33.3 Å². The van der Waals surface area contributed by atoms with E-state index < -0.39 is 0 Å². The lowest BCUT2D eigenvalue weighted by atomic mass is 9.94. The molecule has 0 aromatic carbocycles. The summed E-state index contributed by atoms with van der Waals surface area (Å²) in [5.41, 5.74) is 0. The van der Waals surface area contributed by atoms with Crippen LogP contribution in [0.25, 0.3) is 0 Å².